The zero-order valence-corrected chi connectivity index (χ0v) is 10.0. The highest BCUT2D eigenvalue weighted by Gasteiger charge is 2.26. The van der Waals surface area contributed by atoms with Crippen molar-refractivity contribution in [1.82, 2.24) is 15.0 Å². The Labute approximate surface area is 95.7 Å². The van der Waals surface area contributed by atoms with Crippen LogP contribution in [0.5, 0.6) is 0 Å². The van der Waals surface area contributed by atoms with E-state index in [1.54, 1.807) is 6.20 Å². The molecule has 0 aliphatic rings. The fraction of sp³-hybridized carbons (Fsp3) is 0.700. The summed E-state index contributed by atoms with van der Waals surface area (Å²) in [4.78, 5) is 4.23. The monoisotopic (exact) mass is 228 g/mol. The van der Waals surface area contributed by atoms with Crippen LogP contribution in [-0.4, -0.2) is 29.1 Å². The highest BCUT2D eigenvalue weighted by Crippen LogP contribution is 2.17. The predicted molar refractivity (Wildman–Crippen MR) is 60.3 cm³/mol. The van der Waals surface area contributed by atoms with Crippen LogP contribution in [0.2, 0.25) is 0 Å². The second kappa shape index (κ2) is 6.59. The van der Waals surface area contributed by atoms with E-state index >= 15 is 0 Å². The Balaban J connectivity index is 2.81. The van der Waals surface area contributed by atoms with E-state index < -0.39 is 6.29 Å². The molecule has 0 fully saturated rings. The van der Waals surface area contributed by atoms with E-state index in [1.807, 2.05) is 31.7 Å². The molecule has 1 unspecified atom stereocenters. The first kappa shape index (κ1) is 13.1. The van der Waals surface area contributed by atoms with Crippen LogP contribution in [0.4, 0.5) is 0 Å². The molecule has 1 aromatic rings. The van der Waals surface area contributed by atoms with E-state index in [1.165, 1.54) is 0 Å². The van der Waals surface area contributed by atoms with E-state index in [-0.39, 0.29) is 6.04 Å². The van der Waals surface area contributed by atoms with Gasteiger partial charge in [0.25, 0.3) is 0 Å². The van der Waals surface area contributed by atoms with Gasteiger partial charge in [-0.05, 0) is 13.8 Å². The Bertz CT molecular complexity index is 297. The number of imidazole rings is 1. The molecule has 1 atom stereocenters. The lowest BCUT2D eigenvalue weighted by atomic mass is 10.2. The highest BCUT2D eigenvalue weighted by molar-refractivity contribution is 4.99. The summed E-state index contributed by atoms with van der Waals surface area (Å²) in [6.07, 6.45) is 3.14. The number of aryl methyl sites for hydroxylation is 1. The summed E-state index contributed by atoms with van der Waals surface area (Å²) < 4.78 is 12.9. The van der Waals surface area contributed by atoms with Crippen LogP contribution < -0.4 is 11.3 Å². The smallest absolute Gasteiger partial charge is 0.181 e. The van der Waals surface area contributed by atoms with Crippen LogP contribution in [0.3, 0.4) is 0 Å². The van der Waals surface area contributed by atoms with Crippen LogP contribution in [-0.2, 0) is 16.5 Å². The molecule has 0 bridgehead atoms. The molecular formula is C10H20N4O2. The number of aromatic nitrogens is 2. The quantitative estimate of drug-likeness (QED) is 0.399. The van der Waals surface area contributed by atoms with Crippen molar-refractivity contribution in [2.75, 3.05) is 13.2 Å². The number of ether oxygens (including phenoxy) is 2. The van der Waals surface area contributed by atoms with Crippen molar-refractivity contribution in [2.24, 2.45) is 12.9 Å². The molecule has 92 valence electrons. The predicted octanol–water partition coefficient (Wildman–Crippen LogP) is 0.324. The Kier molecular flexibility index (Phi) is 5.41. The van der Waals surface area contributed by atoms with Crippen molar-refractivity contribution in [3.05, 3.63) is 18.2 Å². The van der Waals surface area contributed by atoms with Gasteiger partial charge in [0.2, 0.25) is 0 Å². The lowest BCUT2D eigenvalue weighted by molar-refractivity contribution is -0.157. The minimum atomic E-state index is -0.430. The summed E-state index contributed by atoms with van der Waals surface area (Å²) in [7, 11) is 1.90. The topological polar surface area (TPSA) is 74.3 Å². The van der Waals surface area contributed by atoms with Gasteiger partial charge in [0.05, 0.1) is 0 Å². The standard InChI is InChI=1S/C10H20N4O2/c1-4-15-10(16-5-2)8(13-11)9-12-6-7-14(9)3/h6-8,10,13H,4-5,11H2,1-3H3. The Morgan fingerprint density at radius 3 is 2.44 bits per heavy atom. The van der Waals surface area contributed by atoms with Gasteiger partial charge >= 0.3 is 0 Å². The Hall–Kier alpha value is -0.950. The van der Waals surface area contributed by atoms with Gasteiger partial charge in [0, 0.05) is 32.7 Å². The number of hydrazine groups is 1. The number of nitrogens with zero attached hydrogens (tertiary/aromatic N) is 2. The minimum absolute atomic E-state index is 0.278. The van der Waals surface area contributed by atoms with Crippen LogP contribution in [0.1, 0.15) is 25.7 Å². The van der Waals surface area contributed by atoms with E-state index in [9.17, 15) is 0 Å². The first-order valence-electron chi connectivity index (χ1n) is 5.41. The van der Waals surface area contributed by atoms with Gasteiger partial charge in [0.1, 0.15) is 11.9 Å². The van der Waals surface area contributed by atoms with Gasteiger partial charge in [0.15, 0.2) is 6.29 Å². The molecule has 0 spiro atoms. The average Bonchev–Trinajstić information content (AvgIpc) is 2.67. The maximum absolute atomic E-state index is 5.53. The van der Waals surface area contributed by atoms with Crippen molar-refractivity contribution >= 4 is 0 Å². The van der Waals surface area contributed by atoms with E-state index in [2.05, 4.69) is 10.4 Å². The van der Waals surface area contributed by atoms with E-state index in [0.717, 1.165) is 5.82 Å². The van der Waals surface area contributed by atoms with Crippen molar-refractivity contribution in [3.63, 3.8) is 0 Å². The average molecular weight is 228 g/mol. The SMILES string of the molecule is CCOC(OCC)C(NN)c1nccn1C. The highest BCUT2D eigenvalue weighted by atomic mass is 16.7. The van der Waals surface area contributed by atoms with Crippen LogP contribution in [0, 0.1) is 0 Å². The Morgan fingerprint density at radius 2 is 2.06 bits per heavy atom. The molecule has 16 heavy (non-hydrogen) atoms. The molecule has 0 aromatic carbocycles. The third-order valence-electron chi connectivity index (χ3n) is 2.25. The summed E-state index contributed by atoms with van der Waals surface area (Å²) in [6.45, 7) is 4.95. The Morgan fingerprint density at radius 1 is 1.44 bits per heavy atom. The zero-order chi connectivity index (χ0) is 12.0. The minimum Gasteiger partial charge on any atom is -0.351 e. The first-order valence-corrected chi connectivity index (χ1v) is 5.41. The van der Waals surface area contributed by atoms with E-state index in [4.69, 9.17) is 15.3 Å². The first-order chi connectivity index (χ1) is 7.74. The molecule has 6 nitrogen and oxygen atoms in total. The van der Waals surface area contributed by atoms with Gasteiger partial charge in [-0.3, -0.25) is 5.84 Å². The molecule has 3 N–H and O–H groups in total. The van der Waals surface area contributed by atoms with Crippen molar-refractivity contribution < 1.29 is 9.47 Å². The number of rotatable bonds is 7. The molecule has 1 aromatic heterocycles. The van der Waals surface area contributed by atoms with Gasteiger partial charge < -0.3 is 14.0 Å². The third kappa shape index (κ3) is 3.02. The lowest BCUT2D eigenvalue weighted by Gasteiger charge is -2.25. The van der Waals surface area contributed by atoms with Crippen LogP contribution >= 0.6 is 0 Å². The van der Waals surface area contributed by atoms with Gasteiger partial charge in [-0.2, -0.15) is 0 Å². The normalized spacial score (nSPS) is 13.3. The fourth-order valence-electron chi connectivity index (χ4n) is 1.52. The number of nitrogens with one attached hydrogen (secondary N) is 1. The summed E-state index contributed by atoms with van der Waals surface area (Å²) in [6, 6.07) is -0.278. The van der Waals surface area contributed by atoms with Gasteiger partial charge in [-0.1, -0.05) is 0 Å². The zero-order valence-electron chi connectivity index (χ0n) is 10.0. The molecule has 0 saturated heterocycles. The van der Waals surface area contributed by atoms with E-state index in [0.29, 0.717) is 13.2 Å². The largest absolute Gasteiger partial charge is 0.351 e. The van der Waals surface area contributed by atoms with Crippen molar-refractivity contribution in [2.45, 2.75) is 26.2 Å². The summed E-state index contributed by atoms with van der Waals surface area (Å²) in [5.41, 5.74) is 2.68. The molecular weight excluding hydrogens is 208 g/mol. The van der Waals surface area contributed by atoms with Crippen molar-refractivity contribution in [3.8, 4) is 0 Å². The maximum Gasteiger partial charge on any atom is 0.181 e. The summed E-state index contributed by atoms with van der Waals surface area (Å²) in [5.74, 6) is 6.32. The summed E-state index contributed by atoms with van der Waals surface area (Å²) >= 11 is 0. The number of hydrogen-bond donors (Lipinski definition) is 2. The van der Waals surface area contributed by atoms with Gasteiger partial charge in [-0.15, -0.1) is 0 Å². The molecule has 1 heterocycles. The molecule has 0 aliphatic carbocycles. The molecule has 0 aliphatic heterocycles. The number of hydrogen-bond acceptors (Lipinski definition) is 5. The fourth-order valence-corrected chi connectivity index (χ4v) is 1.52. The molecule has 1 rings (SSSR count). The van der Waals surface area contributed by atoms with Crippen molar-refractivity contribution in [1.29, 1.82) is 0 Å². The molecule has 0 amide bonds. The van der Waals surface area contributed by atoms with Crippen LogP contribution in [0.15, 0.2) is 12.4 Å². The summed E-state index contributed by atoms with van der Waals surface area (Å²) in [5, 5.41) is 0. The maximum atomic E-state index is 5.53. The lowest BCUT2D eigenvalue weighted by Crippen LogP contribution is -2.41. The molecule has 6 heteroatoms. The third-order valence-corrected chi connectivity index (χ3v) is 2.25. The van der Waals surface area contributed by atoms with Gasteiger partial charge in [-0.25, -0.2) is 10.4 Å². The molecule has 0 radical (unpaired) electrons. The second-order valence-electron chi connectivity index (χ2n) is 3.32. The van der Waals surface area contributed by atoms with Crippen LogP contribution in [0.25, 0.3) is 0 Å². The second-order valence-corrected chi connectivity index (χ2v) is 3.32. The molecule has 0 saturated carbocycles. The number of nitrogens with two attached hydrogens (primary N) is 1.